The summed E-state index contributed by atoms with van der Waals surface area (Å²) in [6.07, 6.45) is 0. The molecule has 0 fully saturated rings. The number of amides is 1. The van der Waals surface area contributed by atoms with Crippen LogP contribution in [0.15, 0.2) is 68.6 Å². The van der Waals surface area contributed by atoms with Crippen LogP contribution in [0.1, 0.15) is 10.4 Å². The lowest BCUT2D eigenvalue weighted by molar-refractivity contribution is 0.102. The predicted molar refractivity (Wildman–Crippen MR) is 85.7 cm³/mol. The summed E-state index contributed by atoms with van der Waals surface area (Å²) in [7, 11) is 0. The van der Waals surface area contributed by atoms with Crippen molar-refractivity contribution in [3.63, 3.8) is 0 Å². The number of benzene rings is 2. The van der Waals surface area contributed by atoms with Gasteiger partial charge in [-0.2, -0.15) is 0 Å². The summed E-state index contributed by atoms with van der Waals surface area (Å²) in [4.78, 5) is 12.4. The van der Waals surface area contributed by atoms with E-state index in [1.165, 1.54) is 0 Å². The highest BCUT2D eigenvalue weighted by molar-refractivity contribution is 9.10. The van der Waals surface area contributed by atoms with Crippen LogP contribution in [0.3, 0.4) is 0 Å². The molecule has 0 aliphatic carbocycles. The minimum Gasteiger partial charge on any atom is -0.435 e. The van der Waals surface area contributed by atoms with Crippen molar-refractivity contribution in [2.45, 2.75) is 0 Å². The molecule has 3 rings (SSSR count). The molecule has 6 heteroatoms. The summed E-state index contributed by atoms with van der Waals surface area (Å²) in [5.41, 5.74) is 1.18. The van der Waals surface area contributed by atoms with E-state index < -0.39 is 5.91 Å². The first kappa shape index (κ1) is 14.3. The fourth-order valence-corrected chi connectivity index (χ4v) is 2.47. The average molecular weight is 359 g/mol. The van der Waals surface area contributed by atoms with Crippen LogP contribution in [-0.2, 0) is 0 Å². The number of nitrogens with zero attached hydrogens (tertiary/aromatic N) is 1. The van der Waals surface area contributed by atoms with Crippen LogP contribution in [0.2, 0.25) is 0 Å². The van der Waals surface area contributed by atoms with Crippen molar-refractivity contribution in [1.82, 2.24) is 0 Å². The van der Waals surface area contributed by atoms with Crippen molar-refractivity contribution in [2.24, 2.45) is 5.16 Å². The van der Waals surface area contributed by atoms with Crippen LogP contribution < -0.4 is 10.9 Å². The standard InChI is InChI=1S/C16H11BrN2O3/c17-11-5-3-6-12(9-11)18-15(20)13-8-10-4-1-2-7-14(10)22-16(13)19-21/h1-9,21H,(H,18,20). The zero-order chi connectivity index (χ0) is 15.5. The number of carbonyl (C=O) groups is 1. The normalized spacial score (nSPS) is 11.6. The summed E-state index contributed by atoms with van der Waals surface area (Å²) in [5, 5.41) is 15.6. The minimum absolute atomic E-state index is 0.133. The molecule has 0 bridgehead atoms. The number of hydrogen-bond acceptors (Lipinski definition) is 4. The van der Waals surface area contributed by atoms with Crippen LogP contribution in [0.4, 0.5) is 5.69 Å². The van der Waals surface area contributed by atoms with E-state index in [0.29, 0.717) is 11.3 Å². The second kappa shape index (κ2) is 6.03. The van der Waals surface area contributed by atoms with Gasteiger partial charge in [0, 0.05) is 15.5 Å². The maximum Gasteiger partial charge on any atom is 0.268 e. The van der Waals surface area contributed by atoms with E-state index in [2.05, 4.69) is 26.4 Å². The van der Waals surface area contributed by atoms with Gasteiger partial charge < -0.3 is 14.9 Å². The lowest BCUT2D eigenvalue weighted by atomic mass is 10.1. The van der Waals surface area contributed by atoms with E-state index in [-0.39, 0.29) is 11.1 Å². The minimum atomic E-state index is -0.416. The fraction of sp³-hybridized carbons (Fsp3) is 0. The number of hydrogen-bond donors (Lipinski definition) is 2. The SMILES string of the molecule is O=C(Nc1cccc(Br)c1)c1cc2ccccc2oc1=NO. The van der Waals surface area contributed by atoms with E-state index in [9.17, 15) is 4.79 Å². The summed E-state index contributed by atoms with van der Waals surface area (Å²) in [6.45, 7) is 0. The van der Waals surface area contributed by atoms with Crippen molar-refractivity contribution in [3.05, 3.63) is 70.2 Å². The van der Waals surface area contributed by atoms with Gasteiger partial charge in [-0.3, -0.25) is 4.79 Å². The highest BCUT2D eigenvalue weighted by Gasteiger charge is 2.13. The molecule has 110 valence electrons. The van der Waals surface area contributed by atoms with E-state index in [1.807, 2.05) is 24.3 Å². The molecule has 0 unspecified atom stereocenters. The summed E-state index contributed by atoms with van der Waals surface area (Å²) in [6, 6.07) is 16.0. The largest absolute Gasteiger partial charge is 0.435 e. The van der Waals surface area contributed by atoms with Gasteiger partial charge in [-0.15, -0.1) is 0 Å². The van der Waals surface area contributed by atoms with E-state index >= 15 is 0 Å². The predicted octanol–water partition coefficient (Wildman–Crippen LogP) is 3.74. The molecule has 3 aromatic rings. The summed E-state index contributed by atoms with van der Waals surface area (Å²) >= 11 is 3.34. The van der Waals surface area contributed by atoms with E-state index in [0.717, 1.165) is 9.86 Å². The number of halogens is 1. The molecule has 0 aliphatic heterocycles. The fourth-order valence-electron chi connectivity index (χ4n) is 2.07. The third-order valence-electron chi connectivity index (χ3n) is 3.07. The average Bonchev–Trinajstić information content (AvgIpc) is 2.53. The lowest BCUT2D eigenvalue weighted by Crippen LogP contribution is -2.21. The molecule has 0 saturated carbocycles. The first-order valence-corrected chi connectivity index (χ1v) is 7.24. The molecule has 0 aliphatic rings. The third-order valence-corrected chi connectivity index (χ3v) is 3.57. The van der Waals surface area contributed by atoms with Crippen molar-refractivity contribution >= 4 is 38.5 Å². The van der Waals surface area contributed by atoms with E-state index in [4.69, 9.17) is 9.62 Å². The van der Waals surface area contributed by atoms with Crippen LogP contribution in [0, 0.1) is 0 Å². The van der Waals surface area contributed by atoms with Gasteiger partial charge in [0.25, 0.3) is 11.5 Å². The molecule has 0 radical (unpaired) electrons. The monoisotopic (exact) mass is 358 g/mol. The van der Waals surface area contributed by atoms with Crippen molar-refractivity contribution in [1.29, 1.82) is 0 Å². The number of para-hydroxylation sites is 1. The highest BCUT2D eigenvalue weighted by Crippen LogP contribution is 2.17. The number of anilines is 1. The highest BCUT2D eigenvalue weighted by atomic mass is 79.9. The molecule has 22 heavy (non-hydrogen) atoms. The molecule has 1 amide bonds. The quantitative estimate of drug-likeness (QED) is 0.541. The van der Waals surface area contributed by atoms with Crippen LogP contribution in [0.25, 0.3) is 11.0 Å². The Labute approximate surface area is 134 Å². The molecule has 2 aromatic carbocycles. The second-order valence-corrected chi connectivity index (χ2v) is 5.48. The molecule has 0 atom stereocenters. The molecular formula is C16H11BrN2O3. The molecular weight excluding hydrogens is 348 g/mol. The van der Waals surface area contributed by atoms with Gasteiger partial charge in [-0.1, -0.05) is 40.2 Å². The van der Waals surface area contributed by atoms with Gasteiger partial charge in [0.2, 0.25) is 0 Å². The molecule has 1 aromatic heterocycles. The zero-order valence-corrected chi connectivity index (χ0v) is 12.9. The van der Waals surface area contributed by atoms with Crippen LogP contribution in [-0.4, -0.2) is 11.1 Å². The summed E-state index contributed by atoms with van der Waals surface area (Å²) in [5.74, 6) is -0.416. The van der Waals surface area contributed by atoms with Crippen molar-refractivity contribution in [2.75, 3.05) is 5.32 Å². The Balaban J connectivity index is 2.03. The van der Waals surface area contributed by atoms with Gasteiger partial charge >= 0.3 is 0 Å². The van der Waals surface area contributed by atoms with Gasteiger partial charge in [-0.05, 0) is 35.5 Å². The topological polar surface area (TPSA) is 74.8 Å². The maximum atomic E-state index is 12.4. The lowest BCUT2D eigenvalue weighted by Gasteiger charge is -2.06. The Kier molecular flexibility index (Phi) is 3.93. The molecule has 1 heterocycles. The molecule has 0 saturated heterocycles. The van der Waals surface area contributed by atoms with Crippen molar-refractivity contribution < 1.29 is 14.4 Å². The Bertz CT molecular complexity index is 918. The zero-order valence-electron chi connectivity index (χ0n) is 11.3. The number of nitrogens with one attached hydrogen (secondary N) is 1. The Morgan fingerprint density at radius 2 is 1.95 bits per heavy atom. The van der Waals surface area contributed by atoms with Crippen molar-refractivity contribution in [3.8, 4) is 0 Å². The Morgan fingerprint density at radius 3 is 2.73 bits per heavy atom. The Hall–Kier alpha value is -2.60. The number of carbonyl (C=O) groups excluding carboxylic acids is 1. The van der Waals surface area contributed by atoms with Gasteiger partial charge in [0.15, 0.2) is 0 Å². The number of fused-ring (bicyclic) bond motifs is 1. The molecule has 2 N–H and O–H groups in total. The van der Waals surface area contributed by atoms with Gasteiger partial charge in [-0.25, -0.2) is 0 Å². The molecule has 0 spiro atoms. The van der Waals surface area contributed by atoms with Gasteiger partial charge in [0.1, 0.15) is 11.1 Å². The second-order valence-electron chi connectivity index (χ2n) is 4.57. The Morgan fingerprint density at radius 1 is 1.14 bits per heavy atom. The van der Waals surface area contributed by atoms with Gasteiger partial charge in [0.05, 0.1) is 0 Å². The number of rotatable bonds is 2. The molecule has 5 nitrogen and oxygen atoms in total. The maximum absolute atomic E-state index is 12.4. The third kappa shape index (κ3) is 2.87. The van der Waals surface area contributed by atoms with Crippen LogP contribution in [0.5, 0.6) is 0 Å². The smallest absolute Gasteiger partial charge is 0.268 e. The first-order chi connectivity index (χ1) is 10.7. The first-order valence-electron chi connectivity index (χ1n) is 6.45. The van der Waals surface area contributed by atoms with E-state index in [1.54, 1.807) is 30.3 Å². The van der Waals surface area contributed by atoms with Crippen LogP contribution >= 0.6 is 15.9 Å². The summed E-state index contributed by atoms with van der Waals surface area (Å²) < 4.78 is 6.29.